The summed E-state index contributed by atoms with van der Waals surface area (Å²) < 4.78 is 1.03. The third-order valence-electron chi connectivity index (χ3n) is 4.56. The van der Waals surface area contributed by atoms with E-state index in [0.29, 0.717) is 0 Å². The van der Waals surface area contributed by atoms with Gasteiger partial charge in [0.2, 0.25) is 5.91 Å². The molecule has 2 aromatic carbocycles. The van der Waals surface area contributed by atoms with E-state index in [1.165, 1.54) is 11.1 Å². The van der Waals surface area contributed by atoms with E-state index in [4.69, 9.17) is 0 Å². The van der Waals surface area contributed by atoms with Gasteiger partial charge < -0.3 is 5.32 Å². The maximum Gasteiger partial charge on any atom is 0.242 e. The number of rotatable bonds is 4. The number of halogens is 1. The van der Waals surface area contributed by atoms with Crippen LogP contribution in [0.15, 0.2) is 53.0 Å². The zero-order valence-corrected chi connectivity index (χ0v) is 15.0. The molecule has 120 valence electrons. The van der Waals surface area contributed by atoms with Crippen molar-refractivity contribution < 1.29 is 4.79 Å². The van der Waals surface area contributed by atoms with Crippen molar-refractivity contribution in [2.75, 3.05) is 18.4 Å². The first-order chi connectivity index (χ1) is 11.2. The lowest BCUT2D eigenvalue weighted by Crippen LogP contribution is -2.50. The number of amides is 1. The van der Waals surface area contributed by atoms with Gasteiger partial charge in [0.05, 0.1) is 0 Å². The molecule has 0 radical (unpaired) electrons. The zero-order valence-electron chi connectivity index (χ0n) is 13.4. The Morgan fingerprint density at radius 2 is 1.78 bits per heavy atom. The van der Waals surface area contributed by atoms with Gasteiger partial charge in [-0.05, 0) is 42.4 Å². The predicted molar refractivity (Wildman–Crippen MR) is 97.8 cm³/mol. The summed E-state index contributed by atoms with van der Waals surface area (Å²) in [5.41, 5.74) is 3.26. The van der Waals surface area contributed by atoms with Gasteiger partial charge in [-0.2, -0.15) is 0 Å². The number of benzene rings is 2. The van der Waals surface area contributed by atoms with Crippen LogP contribution in [0.4, 0.5) is 5.69 Å². The van der Waals surface area contributed by atoms with E-state index in [0.717, 1.165) is 23.2 Å². The number of hydrogen-bond acceptors (Lipinski definition) is 2. The van der Waals surface area contributed by atoms with Gasteiger partial charge in [-0.15, -0.1) is 0 Å². The highest BCUT2D eigenvalue weighted by Crippen LogP contribution is 2.40. The first-order valence-electron chi connectivity index (χ1n) is 8.05. The first kappa shape index (κ1) is 16.2. The van der Waals surface area contributed by atoms with Crippen molar-refractivity contribution in [3.05, 3.63) is 64.1 Å². The maximum atomic E-state index is 12.8. The first-order valence-corrected chi connectivity index (χ1v) is 8.84. The number of fused-ring (bicyclic) bond motifs is 1. The molecular formula is C19H21BrN2O. The Morgan fingerprint density at radius 3 is 2.43 bits per heavy atom. The molecule has 1 amide bonds. The number of anilines is 1. The number of nitrogens with one attached hydrogen (secondary N) is 1. The topological polar surface area (TPSA) is 32.3 Å². The molecule has 0 bridgehead atoms. The van der Waals surface area contributed by atoms with Gasteiger partial charge >= 0.3 is 0 Å². The molecule has 1 heterocycles. The molecule has 0 saturated heterocycles. The van der Waals surface area contributed by atoms with Crippen molar-refractivity contribution in [2.45, 2.75) is 25.8 Å². The minimum absolute atomic E-state index is 0.0392. The summed E-state index contributed by atoms with van der Waals surface area (Å²) in [5.74, 6) is 0.120. The van der Waals surface area contributed by atoms with Gasteiger partial charge in [-0.3, -0.25) is 9.69 Å². The highest BCUT2D eigenvalue weighted by molar-refractivity contribution is 9.10. The van der Waals surface area contributed by atoms with Crippen LogP contribution in [-0.4, -0.2) is 29.9 Å². The molecule has 4 heteroatoms. The highest BCUT2D eigenvalue weighted by atomic mass is 79.9. The summed E-state index contributed by atoms with van der Waals surface area (Å²) in [5, 5.41) is 3.08. The fraction of sp³-hybridized carbons (Fsp3) is 0.316. The average molecular weight is 373 g/mol. The van der Waals surface area contributed by atoms with Gasteiger partial charge in [-0.1, -0.05) is 60.1 Å². The summed E-state index contributed by atoms with van der Waals surface area (Å²) in [7, 11) is 0. The van der Waals surface area contributed by atoms with Crippen LogP contribution in [0.1, 0.15) is 30.9 Å². The Balaban J connectivity index is 2.17. The monoisotopic (exact) mass is 372 g/mol. The Morgan fingerprint density at radius 1 is 1.09 bits per heavy atom. The van der Waals surface area contributed by atoms with Crippen LogP contribution in [0.25, 0.3) is 0 Å². The molecule has 2 aromatic rings. The van der Waals surface area contributed by atoms with E-state index in [9.17, 15) is 4.79 Å². The van der Waals surface area contributed by atoms with Gasteiger partial charge in [0.1, 0.15) is 6.04 Å². The quantitative estimate of drug-likeness (QED) is 0.869. The summed E-state index contributed by atoms with van der Waals surface area (Å²) in [4.78, 5) is 15.1. The number of likely N-dealkylation sites (N-methyl/N-ethyl adjacent to an activating group) is 1. The van der Waals surface area contributed by atoms with Crippen LogP contribution in [0.3, 0.4) is 0 Å². The largest absolute Gasteiger partial charge is 0.324 e. The second-order valence-corrected chi connectivity index (χ2v) is 6.69. The van der Waals surface area contributed by atoms with E-state index < -0.39 is 0 Å². The number of hydrogen-bond donors (Lipinski definition) is 1. The fourth-order valence-electron chi connectivity index (χ4n) is 3.45. The molecule has 1 N–H and O–H groups in total. The lowest BCUT2D eigenvalue weighted by molar-refractivity contribution is -0.122. The molecule has 2 atom stereocenters. The van der Waals surface area contributed by atoms with E-state index >= 15 is 0 Å². The van der Waals surface area contributed by atoms with Gasteiger partial charge in [0.15, 0.2) is 0 Å². The molecule has 3 rings (SSSR count). The van der Waals surface area contributed by atoms with Crippen LogP contribution in [0.5, 0.6) is 0 Å². The van der Waals surface area contributed by atoms with E-state index in [1.54, 1.807) is 0 Å². The number of carbonyl (C=O) groups is 1. The number of carbonyl (C=O) groups excluding carboxylic acids is 1. The lowest BCUT2D eigenvalue weighted by Gasteiger charge is -2.39. The van der Waals surface area contributed by atoms with Crippen molar-refractivity contribution in [1.29, 1.82) is 0 Å². The predicted octanol–water partition coefficient (Wildman–Crippen LogP) is 4.24. The van der Waals surface area contributed by atoms with Crippen LogP contribution in [-0.2, 0) is 4.79 Å². The highest BCUT2D eigenvalue weighted by Gasteiger charge is 2.39. The van der Waals surface area contributed by atoms with E-state index in [2.05, 4.69) is 58.2 Å². The van der Waals surface area contributed by atoms with Crippen molar-refractivity contribution in [3.63, 3.8) is 0 Å². The SMILES string of the molecule is CCN(CC)[C@@H]1C(=O)Nc2ccc(Br)cc2[C@H]1c1ccccc1. The summed E-state index contributed by atoms with van der Waals surface area (Å²) in [6, 6.07) is 16.2. The third kappa shape index (κ3) is 3.06. The lowest BCUT2D eigenvalue weighted by atomic mass is 9.80. The Bertz CT molecular complexity index is 698. The van der Waals surface area contributed by atoms with Crippen LogP contribution in [0.2, 0.25) is 0 Å². The molecule has 23 heavy (non-hydrogen) atoms. The number of nitrogens with zero attached hydrogens (tertiary/aromatic N) is 1. The molecule has 0 saturated carbocycles. The van der Waals surface area contributed by atoms with Crippen molar-refractivity contribution in [3.8, 4) is 0 Å². The van der Waals surface area contributed by atoms with Crippen molar-refractivity contribution >= 4 is 27.5 Å². The maximum absolute atomic E-state index is 12.8. The molecular weight excluding hydrogens is 352 g/mol. The molecule has 3 nitrogen and oxygen atoms in total. The Labute approximate surface area is 145 Å². The minimum atomic E-state index is -0.186. The molecule has 0 aromatic heterocycles. The van der Waals surface area contributed by atoms with Gasteiger partial charge in [0.25, 0.3) is 0 Å². The third-order valence-corrected chi connectivity index (χ3v) is 5.05. The van der Waals surface area contributed by atoms with E-state index in [-0.39, 0.29) is 17.9 Å². The average Bonchev–Trinajstić information content (AvgIpc) is 2.57. The second kappa shape index (κ2) is 6.85. The van der Waals surface area contributed by atoms with Crippen LogP contribution in [0, 0.1) is 0 Å². The molecule has 1 aliphatic heterocycles. The molecule has 0 fully saturated rings. The van der Waals surface area contributed by atoms with Crippen LogP contribution >= 0.6 is 15.9 Å². The van der Waals surface area contributed by atoms with Crippen molar-refractivity contribution in [1.82, 2.24) is 4.90 Å². The molecule has 0 aliphatic carbocycles. The summed E-state index contributed by atoms with van der Waals surface area (Å²) in [6.07, 6.45) is 0. The molecule has 0 unspecified atom stereocenters. The minimum Gasteiger partial charge on any atom is -0.324 e. The summed E-state index contributed by atoms with van der Waals surface area (Å²) >= 11 is 3.57. The standard InChI is InChI=1S/C19H21BrN2O/c1-3-22(4-2)18-17(13-8-6-5-7-9-13)15-12-14(20)10-11-16(15)21-19(18)23/h5-12,17-18H,3-4H2,1-2H3,(H,21,23)/t17-,18+/m1/s1. The normalized spacial score (nSPS) is 20.3. The molecule has 0 spiro atoms. The fourth-order valence-corrected chi connectivity index (χ4v) is 3.83. The van der Waals surface area contributed by atoms with E-state index in [1.807, 2.05) is 30.3 Å². The van der Waals surface area contributed by atoms with Crippen LogP contribution < -0.4 is 5.32 Å². The smallest absolute Gasteiger partial charge is 0.242 e. The Hall–Kier alpha value is -1.65. The van der Waals surface area contributed by atoms with Crippen molar-refractivity contribution in [2.24, 2.45) is 0 Å². The van der Waals surface area contributed by atoms with Gasteiger partial charge in [0, 0.05) is 16.1 Å². The second-order valence-electron chi connectivity index (χ2n) is 5.78. The van der Waals surface area contributed by atoms with Gasteiger partial charge in [-0.25, -0.2) is 0 Å². The Kier molecular flexibility index (Phi) is 4.83. The molecule has 1 aliphatic rings. The summed E-state index contributed by atoms with van der Waals surface area (Å²) in [6.45, 7) is 5.91. The zero-order chi connectivity index (χ0) is 16.4.